The number of carboxylic acids is 1. The Labute approximate surface area is 97.2 Å². The van der Waals surface area contributed by atoms with Gasteiger partial charge in [-0.1, -0.05) is 0 Å². The van der Waals surface area contributed by atoms with Crippen molar-refractivity contribution in [1.82, 2.24) is 10.6 Å². The average molecular weight is 246 g/mol. The minimum atomic E-state index is -0.962. The molecule has 0 aliphatic carbocycles. The Bertz CT molecular complexity index is 308. The molecule has 7 heteroatoms. The fourth-order valence-electron chi connectivity index (χ4n) is 1.62. The molecule has 0 aromatic carbocycles. The van der Waals surface area contributed by atoms with E-state index in [0.29, 0.717) is 12.7 Å². The Morgan fingerprint density at radius 2 is 2.19 bits per heavy atom. The van der Waals surface area contributed by atoms with E-state index in [-0.39, 0.29) is 0 Å². The largest absolute Gasteiger partial charge is 0.480 e. The van der Waals surface area contributed by atoms with Crippen LogP contribution >= 0.6 is 11.8 Å². The molecular weight excluding hydrogens is 232 g/mol. The van der Waals surface area contributed by atoms with Crippen molar-refractivity contribution < 1.29 is 19.5 Å². The highest BCUT2D eigenvalue weighted by Gasteiger charge is 2.47. The van der Waals surface area contributed by atoms with Crippen LogP contribution in [0.3, 0.4) is 0 Å². The van der Waals surface area contributed by atoms with Gasteiger partial charge in [0.1, 0.15) is 18.4 Å². The maximum absolute atomic E-state index is 11.0. The summed E-state index contributed by atoms with van der Waals surface area (Å²) in [7, 11) is 0. The summed E-state index contributed by atoms with van der Waals surface area (Å²) in [5.41, 5.74) is 0. The molecule has 0 bridgehead atoms. The number of rotatable bonds is 5. The van der Waals surface area contributed by atoms with Gasteiger partial charge in [0.2, 0.25) is 6.41 Å². The normalized spacial score (nSPS) is 29.4. The highest BCUT2D eigenvalue weighted by molar-refractivity contribution is 8.01. The van der Waals surface area contributed by atoms with Gasteiger partial charge < -0.3 is 15.2 Å². The maximum Gasteiger partial charge on any atom is 0.322 e. The van der Waals surface area contributed by atoms with E-state index in [1.165, 1.54) is 11.8 Å². The van der Waals surface area contributed by atoms with Crippen LogP contribution in [0.5, 0.6) is 0 Å². The number of aliphatic carboxylic acids is 1. The zero-order valence-electron chi connectivity index (χ0n) is 8.97. The number of hydrogen-bond acceptors (Lipinski definition) is 5. The average Bonchev–Trinajstić information content (AvgIpc) is 2.50. The van der Waals surface area contributed by atoms with Crippen molar-refractivity contribution in [3.05, 3.63) is 0 Å². The van der Waals surface area contributed by atoms with Crippen molar-refractivity contribution in [2.75, 3.05) is 0 Å². The molecule has 3 N–H and O–H groups in total. The molecule has 1 heterocycles. The third kappa shape index (κ3) is 2.53. The lowest BCUT2D eigenvalue weighted by Gasteiger charge is -2.21. The van der Waals surface area contributed by atoms with Gasteiger partial charge in [-0.3, -0.25) is 14.9 Å². The van der Waals surface area contributed by atoms with E-state index in [1.54, 1.807) is 13.8 Å². The Balaban J connectivity index is 2.77. The topological polar surface area (TPSA) is 95.5 Å². The third-order valence-electron chi connectivity index (χ3n) is 2.44. The minimum Gasteiger partial charge on any atom is -0.480 e. The summed E-state index contributed by atoms with van der Waals surface area (Å²) in [6.45, 7) is 3.57. The van der Waals surface area contributed by atoms with Gasteiger partial charge in [0.25, 0.3) is 0 Å². The third-order valence-corrected chi connectivity index (χ3v) is 3.96. The van der Waals surface area contributed by atoms with Crippen LogP contribution in [0.4, 0.5) is 0 Å². The van der Waals surface area contributed by atoms with Crippen LogP contribution in [0.25, 0.3) is 0 Å². The molecule has 6 nitrogen and oxygen atoms in total. The Kier molecular flexibility index (Phi) is 3.93. The molecule has 3 atom stereocenters. The highest BCUT2D eigenvalue weighted by atomic mass is 32.2. The Morgan fingerprint density at radius 3 is 2.56 bits per heavy atom. The van der Waals surface area contributed by atoms with E-state index in [4.69, 9.17) is 5.11 Å². The number of aldehydes is 1. The second kappa shape index (κ2) is 4.84. The van der Waals surface area contributed by atoms with Crippen molar-refractivity contribution in [2.45, 2.75) is 36.1 Å². The molecule has 1 rings (SSSR count). The summed E-state index contributed by atoms with van der Waals surface area (Å²) in [6, 6.07) is -1.45. The summed E-state index contributed by atoms with van der Waals surface area (Å²) in [6.07, 6.45) is 1.03. The van der Waals surface area contributed by atoms with Gasteiger partial charge in [0.05, 0.1) is 5.37 Å². The molecule has 0 spiro atoms. The molecule has 0 saturated carbocycles. The number of thioether (sulfide) groups is 1. The van der Waals surface area contributed by atoms with E-state index in [1.807, 2.05) is 0 Å². The predicted molar refractivity (Wildman–Crippen MR) is 59.1 cm³/mol. The predicted octanol–water partition coefficient (Wildman–Crippen LogP) is -0.806. The summed E-state index contributed by atoms with van der Waals surface area (Å²) in [5.74, 6) is -0.962. The van der Waals surface area contributed by atoms with Crippen LogP contribution in [-0.4, -0.2) is 46.0 Å². The number of carbonyl (C=O) groups excluding carboxylic acids is 2. The first-order valence-electron chi connectivity index (χ1n) is 4.74. The van der Waals surface area contributed by atoms with Crippen LogP contribution in [0, 0.1) is 0 Å². The lowest BCUT2D eigenvalue weighted by Crippen LogP contribution is -2.49. The van der Waals surface area contributed by atoms with E-state index in [0.717, 1.165) is 0 Å². The molecule has 16 heavy (non-hydrogen) atoms. The molecular formula is C9H14N2O4S. The van der Waals surface area contributed by atoms with Crippen molar-refractivity contribution in [3.8, 4) is 0 Å². The summed E-state index contributed by atoms with van der Waals surface area (Å²) >= 11 is 1.33. The van der Waals surface area contributed by atoms with Gasteiger partial charge in [-0.05, 0) is 13.8 Å². The van der Waals surface area contributed by atoms with Crippen LogP contribution in [0.15, 0.2) is 0 Å². The molecule has 90 valence electrons. The van der Waals surface area contributed by atoms with Crippen LogP contribution < -0.4 is 10.6 Å². The standard InChI is InChI=1S/C9H14N2O4S/c1-9(2)6(8(14)15)11-7(16-9)5(3-12)10-4-13/h3-7,11H,1-2H3,(H,10,13)(H,14,15)/t5-,6+,7-/m1/s1. The molecule has 0 aromatic heterocycles. The smallest absolute Gasteiger partial charge is 0.322 e. The molecule has 1 amide bonds. The first-order chi connectivity index (χ1) is 7.42. The van der Waals surface area contributed by atoms with Gasteiger partial charge in [-0.2, -0.15) is 0 Å². The van der Waals surface area contributed by atoms with E-state index in [9.17, 15) is 14.4 Å². The molecule has 1 aliphatic heterocycles. The van der Waals surface area contributed by atoms with Crippen molar-refractivity contribution in [1.29, 1.82) is 0 Å². The molecule has 1 saturated heterocycles. The highest BCUT2D eigenvalue weighted by Crippen LogP contribution is 2.38. The second-order valence-electron chi connectivity index (χ2n) is 4.03. The van der Waals surface area contributed by atoms with Crippen LogP contribution in [-0.2, 0) is 14.4 Å². The van der Waals surface area contributed by atoms with Gasteiger partial charge in [-0.15, -0.1) is 11.8 Å². The number of carbonyl (C=O) groups is 3. The lowest BCUT2D eigenvalue weighted by molar-refractivity contribution is -0.140. The van der Waals surface area contributed by atoms with E-state index in [2.05, 4.69) is 10.6 Å². The minimum absolute atomic E-state index is 0.418. The van der Waals surface area contributed by atoms with Gasteiger partial charge in [0, 0.05) is 4.75 Å². The van der Waals surface area contributed by atoms with Crippen molar-refractivity contribution in [3.63, 3.8) is 0 Å². The van der Waals surface area contributed by atoms with E-state index >= 15 is 0 Å². The first-order valence-corrected chi connectivity index (χ1v) is 5.62. The molecule has 0 radical (unpaired) electrons. The zero-order chi connectivity index (χ0) is 12.3. The van der Waals surface area contributed by atoms with Gasteiger partial charge in [-0.25, -0.2) is 0 Å². The fraction of sp³-hybridized carbons (Fsp3) is 0.667. The lowest BCUT2D eigenvalue weighted by atomic mass is 10.0. The molecule has 1 fully saturated rings. The summed E-state index contributed by atoms with van der Waals surface area (Å²) in [4.78, 5) is 32.0. The number of hydrogen-bond donors (Lipinski definition) is 3. The maximum atomic E-state index is 11.0. The fourth-order valence-corrected chi connectivity index (χ4v) is 3.07. The first kappa shape index (κ1) is 13.0. The quantitative estimate of drug-likeness (QED) is 0.549. The number of nitrogens with one attached hydrogen (secondary N) is 2. The number of carboxylic acid groups (broad SMARTS) is 1. The van der Waals surface area contributed by atoms with E-state index < -0.39 is 28.2 Å². The van der Waals surface area contributed by atoms with Crippen molar-refractivity contribution >= 4 is 30.4 Å². The second-order valence-corrected chi connectivity index (χ2v) is 5.82. The summed E-state index contributed by atoms with van der Waals surface area (Å²) < 4.78 is -0.525. The number of amides is 1. The van der Waals surface area contributed by atoms with Crippen LogP contribution in [0.2, 0.25) is 0 Å². The summed E-state index contributed by atoms with van der Waals surface area (Å²) in [5, 5.41) is 13.8. The monoisotopic (exact) mass is 246 g/mol. The Hall–Kier alpha value is -1.08. The van der Waals surface area contributed by atoms with Gasteiger partial charge in [0.15, 0.2) is 0 Å². The zero-order valence-corrected chi connectivity index (χ0v) is 9.78. The molecule has 0 aromatic rings. The van der Waals surface area contributed by atoms with Gasteiger partial charge >= 0.3 is 5.97 Å². The van der Waals surface area contributed by atoms with Crippen molar-refractivity contribution in [2.24, 2.45) is 0 Å². The molecule has 0 unspecified atom stereocenters. The van der Waals surface area contributed by atoms with Crippen LogP contribution in [0.1, 0.15) is 13.8 Å². The molecule has 1 aliphatic rings. The SMILES string of the molecule is CC1(C)S[C@H]([C@@H](C=O)NC=O)N[C@H]1C(=O)O. The Morgan fingerprint density at radius 1 is 1.56 bits per heavy atom.